The first-order chi connectivity index (χ1) is 34.1. The van der Waals surface area contributed by atoms with Crippen molar-refractivity contribution in [1.82, 2.24) is 35.2 Å². The van der Waals surface area contributed by atoms with Gasteiger partial charge in [0.15, 0.2) is 0 Å². The fourth-order valence-corrected chi connectivity index (χ4v) is 8.13. The van der Waals surface area contributed by atoms with Crippen LogP contribution in [0, 0.1) is 0 Å². The highest BCUT2D eigenvalue weighted by Gasteiger charge is 2.38. The molecule has 11 nitrogen and oxygen atoms in total. The number of nitrogens with one attached hydrogen (secondary N) is 1. The van der Waals surface area contributed by atoms with E-state index in [0.717, 1.165) is 22.9 Å². The Morgan fingerprint density at radius 1 is 0.592 bits per heavy atom. The number of nitrogens with zero attached hydrogens (tertiary/aromatic N) is 7. The van der Waals surface area contributed by atoms with Gasteiger partial charge in [0.1, 0.15) is 17.6 Å². The second-order valence-electron chi connectivity index (χ2n) is 15.9. The topological polar surface area (TPSA) is 154 Å². The van der Waals surface area contributed by atoms with Crippen LogP contribution in [-0.2, 0) is 12.4 Å². The molecule has 10 rings (SSSR count). The summed E-state index contributed by atoms with van der Waals surface area (Å²) < 4.78 is 88.7. The standard InChI is InChI=1S/C27H20F3N5O.C26H16ClF3N4O/c1-36-20-9-8-17-12-19(15-34-23(17)14-20)24(25-21(27(28,29)30)5-3-11-33-25)35-26(31)18-7-6-16-4-2-10-32-22(16)13-18;27-20-6-1-7-21-18(20)12-17(14-33-21)23(24-19(26(28,29)30)5-3-11-32-24)34-25(35)16-9-8-15-4-2-10-31-22(15)13-16/h2-15,24H,1H3,(H2,31,35);1-14,23H,(H,34,35)/t24-;23-/m00/s1. The number of halogens is 7. The third-order valence-electron chi connectivity index (χ3n) is 11.4. The number of nitrogens with two attached hydrogens (primary N) is 1. The van der Waals surface area contributed by atoms with Crippen molar-refractivity contribution in [3.8, 4) is 5.75 Å². The van der Waals surface area contributed by atoms with Gasteiger partial charge in [-0.2, -0.15) is 26.3 Å². The number of aromatic nitrogens is 6. The van der Waals surface area contributed by atoms with Crippen molar-refractivity contribution in [2.24, 2.45) is 10.7 Å². The van der Waals surface area contributed by atoms with Crippen molar-refractivity contribution in [3.05, 3.63) is 220 Å². The summed E-state index contributed by atoms with van der Waals surface area (Å²) in [6.45, 7) is 0. The van der Waals surface area contributed by atoms with Gasteiger partial charge < -0.3 is 15.8 Å². The number of ether oxygens (including phenoxy) is 1. The third kappa shape index (κ3) is 10.4. The maximum Gasteiger partial charge on any atom is 0.418 e. The summed E-state index contributed by atoms with van der Waals surface area (Å²) in [5.74, 6) is 0.0947. The van der Waals surface area contributed by atoms with Gasteiger partial charge in [-0.1, -0.05) is 48.0 Å². The summed E-state index contributed by atoms with van der Waals surface area (Å²) in [7, 11) is 1.55. The molecule has 3 N–H and O–H groups in total. The molecule has 6 heterocycles. The summed E-state index contributed by atoms with van der Waals surface area (Å²) in [6, 6.07) is 33.3. The zero-order chi connectivity index (χ0) is 49.9. The van der Waals surface area contributed by atoms with Crippen LogP contribution in [-0.4, -0.2) is 48.8 Å². The number of hydrogen-bond donors (Lipinski definition) is 2. The highest BCUT2D eigenvalue weighted by molar-refractivity contribution is 6.35. The lowest BCUT2D eigenvalue weighted by atomic mass is 9.98. The number of fused-ring (bicyclic) bond motifs is 4. The van der Waals surface area contributed by atoms with E-state index in [1.165, 1.54) is 36.9 Å². The van der Waals surface area contributed by atoms with Gasteiger partial charge in [-0.3, -0.25) is 39.7 Å². The van der Waals surface area contributed by atoms with Crippen molar-refractivity contribution in [2.45, 2.75) is 24.4 Å². The lowest BCUT2D eigenvalue weighted by Gasteiger charge is -2.22. The fraction of sp³-hybridized carbons (Fsp3) is 0.0943. The zero-order valence-electron chi connectivity index (χ0n) is 37.0. The van der Waals surface area contributed by atoms with E-state index in [-0.39, 0.29) is 22.8 Å². The first-order valence-electron chi connectivity index (χ1n) is 21.5. The predicted octanol–water partition coefficient (Wildman–Crippen LogP) is 12.1. The van der Waals surface area contributed by atoms with E-state index in [9.17, 15) is 31.1 Å². The van der Waals surface area contributed by atoms with Crippen LogP contribution in [0.1, 0.15) is 61.6 Å². The van der Waals surface area contributed by atoms with Gasteiger partial charge in [0.2, 0.25) is 0 Å². The summed E-state index contributed by atoms with van der Waals surface area (Å²) in [5.41, 5.74) is 7.89. The van der Waals surface area contributed by atoms with Crippen LogP contribution in [0.25, 0.3) is 43.6 Å². The number of methoxy groups -OCH3 is 1. The number of benzene rings is 4. The van der Waals surface area contributed by atoms with Crippen LogP contribution < -0.4 is 15.8 Å². The number of carbonyl (C=O) groups is 1. The first kappa shape index (κ1) is 47.5. The molecule has 6 aromatic heterocycles. The normalized spacial score (nSPS) is 12.9. The smallest absolute Gasteiger partial charge is 0.418 e. The van der Waals surface area contributed by atoms with Crippen LogP contribution in [0.3, 0.4) is 0 Å². The molecule has 0 unspecified atom stereocenters. The van der Waals surface area contributed by atoms with E-state index in [1.54, 1.807) is 104 Å². The second-order valence-corrected chi connectivity index (χ2v) is 16.3. The Balaban J connectivity index is 0.000000176. The summed E-state index contributed by atoms with van der Waals surface area (Å²) in [5, 5.41) is 6.10. The molecule has 18 heteroatoms. The Labute approximate surface area is 405 Å². The highest BCUT2D eigenvalue weighted by atomic mass is 35.5. The van der Waals surface area contributed by atoms with Crippen molar-refractivity contribution in [2.75, 3.05) is 7.11 Å². The molecule has 1 amide bonds. The van der Waals surface area contributed by atoms with Crippen molar-refractivity contribution < 1.29 is 35.9 Å². The van der Waals surface area contributed by atoms with Gasteiger partial charge in [-0.15, -0.1) is 0 Å². The molecule has 10 aromatic rings. The minimum absolute atomic E-state index is 0.0566. The van der Waals surface area contributed by atoms with E-state index in [2.05, 4.69) is 40.2 Å². The van der Waals surface area contributed by atoms with Crippen LogP contribution >= 0.6 is 11.6 Å². The van der Waals surface area contributed by atoms with Gasteiger partial charge in [-0.05, 0) is 96.6 Å². The van der Waals surface area contributed by atoms with Crippen LogP contribution in [0.2, 0.25) is 5.02 Å². The van der Waals surface area contributed by atoms with Crippen LogP contribution in [0.4, 0.5) is 26.3 Å². The van der Waals surface area contributed by atoms with E-state index >= 15 is 0 Å². The molecule has 0 spiro atoms. The number of carbonyl (C=O) groups excluding carboxylic acids is 1. The molecule has 354 valence electrons. The van der Waals surface area contributed by atoms with E-state index in [0.29, 0.717) is 60.3 Å². The average Bonchev–Trinajstić information content (AvgIpc) is 3.38. The minimum atomic E-state index is -4.68. The first-order valence-corrected chi connectivity index (χ1v) is 21.9. The number of aliphatic imine (C=N–C) groups is 1. The highest BCUT2D eigenvalue weighted by Crippen LogP contribution is 2.39. The van der Waals surface area contributed by atoms with Crippen molar-refractivity contribution in [1.29, 1.82) is 0 Å². The average molecular weight is 980 g/mol. The third-order valence-corrected chi connectivity index (χ3v) is 11.7. The molecular formula is C53H36ClF6N9O2. The van der Waals surface area contributed by atoms with Gasteiger partial charge in [0, 0.05) is 86.5 Å². The van der Waals surface area contributed by atoms with E-state index < -0.39 is 41.5 Å². The SMILES string of the molecule is COc1ccc2cc([C@H](N=C(N)c3ccc4cccnc4c3)c3ncccc3C(F)(F)F)cnc2c1.O=C(N[C@@H](c1cnc2cccc(Cl)c2c1)c1ncccc1C(F)(F)F)c1ccc2cccnc2c1. The van der Waals surface area contributed by atoms with Crippen molar-refractivity contribution >= 4 is 67.0 Å². The molecule has 0 radical (unpaired) electrons. The summed E-state index contributed by atoms with van der Waals surface area (Å²) in [4.78, 5) is 43.2. The number of pyridine rings is 6. The number of rotatable bonds is 9. The number of amides is 1. The lowest BCUT2D eigenvalue weighted by molar-refractivity contribution is -0.139. The molecule has 0 bridgehead atoms. The molecule has 0 saturated heterocycles. The lowest BCUT2D eigenvalue weighted by Crippen LogP contribution is -2.31. The molecule has 0 aliphatic carbocycles. The maximum absolute atomic E-state index is 13.9. The maximum atomic E-state index is 13.9. The Hall–Kier alpha value is -8.57. The predicted molar refractivity (Wildman–Crippen MR) is 259 cm³/mol. The van der Waals surface area contributed by atoms with Gasteiger partial charge >= 0.3 is 12.4 Å². The van der Waals surface area contributed by atoms with E-state index in [4.69, 9.17) is 22.1 Å². The van der Waals surface area contributed by atoms with E-state index in [1.807, 2.05) is 24.3 Å². The molecule has 0 aliphatic rings. The Morgan fingerprint density at radius 2 is 1.15 bits per heavy atom. The number of alkyl halides is 6. The fourth-order valence-electron chi connectivity index (χ4n) is 7.91. The second kappa shape index (κ2) is 19.8. The summed E-state index contributed by atoms with van der Waals surface area (Å²) >= 11 is 6.31. The Kier molecular flexibility index (Phi) is 13.2. The monoisotopic (exact) mass is 979 g/mol. The molecule has 2 atom stereocenters. The van der Waals surface area contributed by atoms with Crippen LogP contribution in [0.15, 0.2) is 176 Å². The Bertz CT molecular complexity index is 3650. The van der Waals surface area contributed by atoms with Gasteiger partial charge in [0.05, 0.1) is 57.7 Å². The Morgan fingerprint density at radius 3 is 1.83 bits per heavy atom. The number of amidine groups is 1. The quantitative estimate of drug-likeness (QED) is 0.0817. The van der Waals surface area contributed by atoms with Crippen molar-refractivity contribution in [3.63, 3.8) is 0 Å². The molecular weight excluding hydrogens is 944 g/mol. The summed E-state index contributed by atoms with van der Waals surface area (Å²) in [6.07, 6.45) is -0.589. The molecule has 0 aliphatic heterocycles. The minimum Gasteiger partial charge on any atom is -0.497 e. The molecule has 71 heavy (non-hydrogen) atoms. The van der Waals surface area contributed by atoms with Gasteiger partial charge in [-0.25, -0.2) is 0 Å². The molecule has 0 fully saturated rings. The zero-order valence-corrected chi connectivity index (χ0v) is 37.7. The largest absolute Gasteiger partial charge is 0.497 e. The van der Waals surface area contributed by atoms with Crippen LogP contribution in [0.5, 0.6) is 5.75 Å². The number of hydrogen-bond acceptors (Lipinski definition) is 9. The molecule has 4 aromatic carbocycles. The van der Waals surface area contributed by atoms with Gasteiger partial charge in [0.25, 0.3) is 5.91 Å². The molecule has 0 saturated carbocycles.